The predicted octanol–water partition coefficient (Wildman–Crippen LogP) is 1.01. The van der Waals surface area contributed by atoms with Gasteiger partial charge in [0.2, 0.25) is 0 Å². The lowest BCUT2D eigenvalue weighted by atomic mass is 10.2. The van der Waals surface area contributed by atoms with Gasteiger partial charge >= 0.3 is 11.8 Å². The molecule has 0 aliphatic heterocycles. The van der Waals surface area contributed by atoms with Crippen molar-refractivity contribution in [1.82, 2.24) is 5.32 Å². The van der Waals surface area contributed by atoms with Crippen LogP contribution < -0.4 is 10.1 Å². The third-order valence-electron chi connectivity index (χ3n) is 1.86. The van der Waals surface area contributed by atoms with E-state index in [2.05, 4.69) is 0 Å². The summed E-state index contributed by atoms with van der Waals surface area (Å²) in [7, 11) is 1.25. The molecule has 1 rings (SSSR count). The number of benzene rings is 1. The van der Waals surface area contributed by atoms with Crippen molar-refractivity contribution in [2.45, 2.75) is 0 Å². The Bertz CT molecular complexity index is 484. The highest BCUT2D eigenvalue weighted by molar-refractivity contribution is 6.02. The maximum absolute atomic E-state index is 11.3. The Balaban J connectivity index is 3.12. The number of nitro benzene ring substituents is 1. The second kappa shape index (κ2) is 4.92. The molecule has 0 radical (unpaired) electrons. The Kier molecular flexibility index (Phi) is 3.60. The van der Waals surface area contributed by atoms with Crippen molar-refractivity contribution in [3.63, 3.8) is 0 Å². The molecule has 0 aliphatic carbocycles. The van der Waals surface area contributed by atoms with Gasteiger partial charge in [-0.05, 0) is 12.1 Å². The predicted molar refractivity (Wildman–Crippen MR) is 55.1 cm³/mol. The Morgan fingerprint density at radius 1 is 1.47 bits per heavy atom. The van der Waals surface area contributed by atoms with Crippen LogP contribution in [0.4, 0.5) is 10.5 Å². The van der Waals surface area contributed by atoms with Crippen LogP contribution in [0.1, 0.15) is 10.4 Å². The van der Waals surface area contributed by atoms with Gasteiger partial charge in [0.25, 0.3) is 5.91 Å². The molecule has 2 amide bonds. The molecular weight excluding hydrogens is 232 g/mol. The molecule has 0 saturated heterocycles. The number of carboxylic acid groups (broad SMARTS) is 1. The SMILES string of the molecule is COc1ccc(C(=O)NC(=O)O)cc1[N+](=O)[O-]. The van der Waals surface area contributed by atoms with Crippen molar-refractivity contribution >= 4 is 17.7 Å². The van der Waals surface area contributed by atoms with Crippen molar-refractivity contribution in [1.29, 1.82) is 0 Å². The third kappa shape index (κ3) is 2.91. The summed E-state index contributed by atoms with van der Waals surface area (Å²) in [6.07, 6.45) is -1.53. The summed E-state index contributed by atoms with van der Waals surface area (Å²) in [5.74, 6) is -0.954. The fourth-order valence-corrected chi connectivity index (χ4v) is 1.14. The molecule has 8 nitrogen and oxygen atoms in total. The standard InChI is InChI=1S/C9H8N2O6/c1-17-7-3-2-5(4-6(7)11(15)16)8(12)10-9(13)14/h2-4H,1H3,(H,10,12)(H,13,14). The number of carbonyl (C=O) groups is 2. The minimum atomic E-state index is -1.53. The van der Waals surface area contributed by atoms with Crippen molar-refractivity contribution in [2.75, 3.05) is 7.11 Å². The number of nitro groups is 1. The van der Waals surface area contributed by atoms with E-state index in [1.807, 2.05) is 0 Å². The summed E-state index contributed by atoms with van der Waals surface area (Å²) in [5.41, 5.74) is -0.551. The first kappa shape index (κ1) is 12.4. The maximum atomic E-state index is 11.3. The highest BCUT2D eigenvalue weighted by Crippen LogP contribution is 2.27. The minimum Gasteiger partial charge on any atom is -0.490 e. The Morgan fingerprint density at radius 2 is 2.12 bits per heavy atom. The number of ether oxygens (including phenoxy) is 1. The largest absolute Gasteiger partial charge is 0.490 e. The van der Waals surface area contributed by atoms with Gasteiger partial charge in [-0.3, -0.25) is 20.2 Å². The van der Waals surface area contributed by atoms with E-state index >= 15 is 0 Å². The molecule has 0 spiro atoms. The Labute approximate surface area is 95.0 Å². The molecule has 0 heterocycles. The number of amides is 2. The van der Waals surface area contributed by atoms with E-state index in [9.17, 15) is 19.7 Å². The van der Waals surface area contributed by atoms with Gasteiger partial charge in [0.15, 0.2) is 5.75 Å². The van der Waals surface area contributed by atoms with Crippen LogP contribution in [0.2, 0.25) is 0 Å². The lowest BCUT2D eigenvalue weighted by Gasteiger charge is -2.03. The van der Waals surface area contributed by atoms with E-state index in [4.69, 9.17) is 9.84 Å². The van der Waals surface area contributed by atoms with Crippen LogP contribution >= 0.6 is 0 Å². The molecule has 8 heteroatoms. The molecule has 1 aromatic rings. The van der Waals surface area contributed by atoms with Crippen molar-refractivity contribution in [2.24, 2.45) is 0 Å². The van der Waals surface area contributed by atoms with Gasteiger partial charge in [-0.2, -0.15) is 0 Å². The van der Waals surface area contributed by atoms with Gasteiger partial charge in [0, 0.05) is 11.6 Å². The van der Waals surface area contributed by atoms with Crippen LogP contribution in [-0.4, -0.2) is 29.1 Å². The fraction of sp³-hybridized carbons (Fsp3) is 0.111. The summed E-state index contributed by atoms with van der Waals surface area (Å²) in [6, 6.07) is 3.39. The number of hydrogen-bond donors (Lipinski definition) is 2. The molecule has 0 bridgehead atoms. The molecule has 0 fully saturated rings. The number of imide groups is 1. The topological polar surface area (TPSA) is 119 Å². The highest BCUT2D eigenvalue weighted by atomic mass is 16.6. The van der Waals surface area contributed by atoms with E-state index < -0.39 is 22.6 Å². The summed E-state index contributed by atoms with van der Waals surface area (Å²) in [4.78, 5) is 31.4. The van der Waals surface area contributed by atoms with E-state index in [-0.39, 0.29) is 11.3 Å². The summed E-state index contributed by atoms with van der Waals surface area (Å²) < 4.78 is 4.73. The van der Waals surface area contributed by atoms with E-state index in [1.165, 1.54) is 19.2 Å². The zero-order valence-electron chi connectivity index (χ0n) is 8.67. The van der Waals surface area contributed by atoms with Crippen molar-refractivity contribution in [3.05, 3.63) is 33.9 Å². The zero-order chi connectivity index (χ0) is 13.0. The Hall–Kier alpha value is -2.64. The number of methoxy groups -OCH3 is 1. The molecule has 2 N–H and O–H groups in total. The minimum absolute atomic E-state index is 0.0122. The molecule has 0 unspecified atom stereocenters. The summed E-state index contributed by atoms with van der Waals surface area (Å²) in [5, 5.41) is 20.6. The first-order chi connectivity index (χ1) is 7.95. The van der Waals surface area contributed by atoms with Crippen LogP contribution in [0.3, 0.4) is 0 Å². The monoisotopic (exact) mass is 240 g/mol. The first-order valence-corrected chi connectivity index (χ1v) is 4.32. The van der Waals surface area contributed by atoms with Crippen LogP contribution in [0.25, 0.3) is 0 Å². The quantitative estimate of drug-likeness (QED) is 0.601. The molecule has 17 heavy (non-hydrogen) atoms. The van der Waals surface area contributed by atoms with Gasteiger partial charge in [0.1, 0.15) is 0 Å². The number of carbonyl (C=O) groups excluding carboxylic acids is 1. The first-order valence-electron chi connectivity index (χ1n) is 4.32. The normalized spacial score (nSPS) is 9.47. The number of rotatable bonds is 3. The Morgan fingerprint density at radius 3 is 2.59 bits per heavy atom. The zero-order valence-corrected chi connectivity index (χ0v) is 8.67. The maximum Gasteiger partial charge on any atom is 0.411 e. The molecule has 1 aromatic carbocycles. The molecule has 0 aromatic heterocycles. The van der Waals surface area contributed by atoms with E-state index in [1.54, 1.807) is 5.32 Å². The van der Waals surface area contributed by atoms with Crippen molar-refractivity contribution in [3.8, 4) is 5.75 Å². The second-order valence-corrected chi connectivity index (χ2v) is 2.90. The van der Waals surface area contributed by atoms with Crippen molar-refractivity contribution < 1.29 is 24.4 Å². The summed E-state index contributed by atoms with van der Waals surface area (Å²) >= 11 is 0. The second-order valence-electron chi connectivity index (χ2n) is 2.90. The lowest BCUT2D eigenvalue weighted by molar-refractivity contribution is -0.385. The van der Waals surface area contributed by atoms with Crippen LogP contribution in [-0.2, 0) is 0 Å². The average molecular weight is 240 g/mol. The average Bonchev–Trinajstić information content (AvgIpc) is 2.27. The molecule has 0 saturated carbocycles. The number of nitrogens with one attached hydrogen (secondary N) is 1. The fourth-order valence-electron chi connectivity index (χ4n) is 1.14. The summed E-state index contributed by atoms with van der Waals surface area (Å²) in [6.45, 7) is 0. The van der Waals surface area contributed by atoms with Crippen LogP contribution in [0, 0.1) is 10.1 Å². The molecule has 0 atom stereocenters. The van der Waals surface area contributed by atoms with Gasteiger partial charge in [-0.25, -0.2) is 4.79 Å². The van der Waals surface area contributed by atoms with Gasteiger partial charge in [-0.1, -0.05) is 0 Å². The van der Waals surface area contributed by atoms with Crippen LogP contribution in [0.5, 0.6) is 5.75 Å². The van der Waals surface area contributed by atoms with Gasteiger partial charge in [0.05, 0.1) is 12.0 Å². The molecular formula is C9H8N2O6. The third-order valence-corrected chi connectivity index (χ3v) is 1.86. The highest BCUT2D eigenvalue weighted by Gasteiger charge is 2.18. The van der Waals surface area contributed by atoms with E-state index in [0.717, 1.165) is 6.07 Å². The lowest BCUT2D eigenvalue weighted by Crippen LogP contribution is -2.28. The smallest absolute Gasteiger partial charge is 0.411 e. The molecule has 0 aliphatic rings. The van der Waals surface area contributed by atoms with E-state index in [0.29, 0.717) is 0 Å². The molecule has 90 valence electrons. The van der Waals surface area contributed by atoms with Gasteiger partial charge < -0.3 is 9.84 Å². The van der Waals surface area contributed by atoms with Crippen LogP contribution in [0.15, 0.2) is 18.2 Å². The number of nitrogens with zero attached hydrogens (tertiary/aromatic N) is 1. The number of hydrogen-bond acceptors (Lipinski definition) is 5. The van der Waals surface area contributed by atoms with Gasteiger partial charge in [-0.15, -0.1) is 0 Å².